The summed E-state index contributed by atoms with van der Waals surface area (Å²) < 4.78 is 11.7. The molecule has 0 unspecified atom stereocenters. The molecule has 142 valence electrons. The van der Waals surface area contributed by atoms with Gasteiger partial charge in [-0.2, -0.15) is 0 Å². The third-order valence-corrected chi connectivity index (χ3v) is 5.27. The van der Waals surface area contributed by atoms with Crippen LogP contribution in [0.3, 0.4) is 0 Å². The number of allylic oxidation sites excluding steroid dienone is 1. The average Bonchev–Trinajstić information content (AvgIpc) is 3.29. The predicted octanol–water partition coefficient (Wildman–Crippen LogP) is 6.02. The van der Waals surface area contributed by atoms with E-state index in [0.29, 0.717) is 34.5 Å². The van der Waals surface area contributed by atoms with E-state index in [4.69, 9.17) is 21.1 Å². The second kappa shape index (κ2) is 7.15. The molecular formula is C24H16ClNO3. The van der Waals surface area contributed by atoms with Crippen LogP contribution in [0.5, 0.6) is 11.5 Å². The number of Topliss-reactive ketones (excluding diaryl/α,β-unsaturated/α-hetero) is 1. The first-order chi connectivity index (χ1) is 14.2. The number of hydrogen-bond donors (Lipinski definition) is 1. The van der Waals surface area contributed by atoms with Crippen LogP contribution >= 0.6 is 11.6 Å². The topological polar surface area (TPSA) is 51.3 Å². The molecule has 4 aromatic rings. The zero-order chi connectivity index (χ0) is 19.8. The summed E-state index contributed by atoms with van der Waals surface area (Å²) in [4.78, 5) is 15.9. The SMILES string of the molecule is O=C1/C(=C\c2c[nH]c3ccccc23)Oc2cc(OCc3ccccc3Cl)ccc21. The van der Waals surface area contributed by atoms with Crippen molar-refractivity contribution in [2.24, 2.45) is 0 Å². The Hall–Kier alpha value is -3.50. The van der Waals surface area contributed by atoms with Gasteiger partial charge in [0.25, 0.3) is 0 Å². The normalized spacial score (nSPS) is 14.2. The minimum absolute atomic E-state index is 0.136. The summed E-state index contributed by atoms with van der Waals surface area (Å²) in [5.41, 5.74) is 3.34. The Kier molecular flexibility index (Phi) is 4.34. The van der Waals surface area contributed by atoms with E-state index < -0.39 is 0 Å². The van der Waals surface area contributed by atoms with Gasteiger partial charge in [0.05, 0.1) is 5.56 Å². The molecule has 0 atom stereocenters. The molecule has 5 heteroatoms. The largest absolute Gasteiger partial charge is 0.489 e. The van der Waals surface area contributed by atoms with Gasteiger partial charge in [-0.05, 0) is 30.3 Å². The summed E-state index contributed by atoms with van der Waals surface area (Å²) in [7, 11) is 0. The van der Waals surface area contributed by atoms with E-state index in [1.54, 1.807) is 24.3 Å². The molecule has 0 radical (unpaired) electrons. The number of halogens is 1. The first kappa shape index (κ1) is 17.6. The van der Waals surface area contributed by atoms with Gasteiger partial charge in [0, 0.05) is 39.3 Å². The van der Waals surface area contributed by atoms with Crippen molar-refractivity contribution in [2.45, 2.75) is 6.61 Å². The van der Waals surface area contributed by atoms with Crippen LogP contribution in [-0.2, 0) is 6.61 Å². The molecule has 0 bridgehead atoms. The van der Waals surface area contributed by atoms with E-state index in [-0.39, 0.29) is 5.78 Å². The molecule has 1 N–H and O–H groups in total. The standard InChI is InChI=1S/C24H16ClNO3/c25-20-7-3-1-5-15(20)14-28-17-9-10-19-22(12-17)29-23(24(19)27)11-16-13-26-21-8-4-2-6-18(16)21/h1-13,26H,14H2/b23-11+. The van der Waals surface area contributed by atoms with Gasteiger partial charge in [0.2, 0.25) is 5.78 Å². The Morgan fingerprint density at radius 2 is 1.86 bits per heavy atom. The number of ketones is 1. The van der Waals surface area contributed by atoms with Crippen LogP contribution in [0.1, 0.15) is 21.5 Å². The fraction of sp³-hybridized carbons (Fsp3) is 0.0417. The second-order valence-corrected chi connectivity index (χ2v) is 7.17. The van der Waals surface area contributed by atoms with Gasteiger partial charge < -0.3 is 14.5 Å². The van der Waals surface area contributed by atoms with Crippen LogP contribution in [0.15, 0.2) is 78.7 Å². The molecule has 0 aliphatic carbocycles. The highest BCUT2D eigenvalue weighted by Crippen LogP contribution is 2.36. The lowest BCUT2D eigenvalue weighted by Crippen LogP contribution is -1.98. The van der Waals surface area contributed by atoms with Gasteiger partial charge in [-0.25, -0.2) is 0 Å². The van der Waals surface area contributed by atoms with Crippen molar-refractivity contribution in [1.82, 2.24) is 4.98 Å². The maximum Gasteiger partial charge on any atom is 0.231 e. The third kappa shape index (κ3) is 3.28. The molecule has 2 heterocycles. The Balaban J connectivity index is 1.39. The van der Waals surface area contributed by atoms with Crippen molar-refractivity contribution >= 4 is 34.4 Å². The molecule has 1 aliphatic heterocycles. The van der Waals surface area contributed by atoms with Crippen molar-refractivity contribution in [3.05, 3.63) is 100 Å². The number of aromatic nitrogens is 1. The van der Waals surface area contributed by atoms with E-state index in [0.717, 1.165) is 22.0 Å². The third-order valence-electron chi connectivity index (χ3n) is 4.90. The molecule has 0 spiro atoms. The van der Waals surface area contributed by atoms with E-state index in [1.165, 1.54) is 0 Å². The van der Waals surface area contributed by atoms with Crippen molar-refractivity contribution in [2.75, 3.05) is 0 Å². The van der Waals surface area contributed by atoms with Crippen molar-refractivity contribution in [1.29, 1.82) is 0 Å². The number of hydrogen-bond acceptors (Lipinski definition) is 3. The lowest BCUT2D eigenvalue weighted by Gasteiger charge is -2.08. The average molecular weight is 402 g/mol. The van der Waals surface area contributed by atoms with Gasteiger partial charge in [-0.1, -0.05) is 48.0 Å². The summed E-state index contributed by atoms with van der Waals surface area (Å²) in [5.74, 6) is 1.28. The van der Waals surface area contributed by atoms with Crippen LogP contribution in [0.4, 0.5) is 0 Å². The number of aromatic amines is 1. The monoisotopic (exact) mass is 401 g/mol. The van der Waals surface area contributed by atoms with Crippen LogP contribution in [0, 0.1) is 0 Å². The highest BCUT2D eigenvalue weighted by molar-refractivity contribution is 6.31. The van der Waals surface area contributed by atoms with Gasteiger partial charge in [0.15, 0.2) is 5.76 Å². The molecule has 1 aromatic heterocycles. The maximum atomic E-state index is 12.7. The molecular weight excluding hydrogens is 386 g/mol. The van der Waals surface area contributed by atoms with Crippen molar-refractivity contribution in [3.63, 3.8) is 0 Å². The zero-order valence-corrected chi connectivity index (χ0v) is 16.1. The Morgan fingerprint density at radius 3 is 2.76 bits per heavy atom. The molecule has 3 aromatic carbocycles. The van der Waals surface area contributed by atoms with E-state index in [2.05, 4.69) is 4.98 Å². The van der Waals surface area contributed by atoms with E-state index in [1.807, 2.05) is 54.7 Å². The van der Waals surface area contributed by atoms with Gasteiger partial charge in [0.1, 0.15) is 18.1 Å². The summed E-state index contributed by atoms with van der Waals surface area (Å²) in [6, 6.07) is 20.7. The summed E-state index contributed by atoms with van der Waals surface area (Å²) >= 11 is 6.17. The summed E-state index contributed by atoms with van der Waals surface area (Å²) in [6.45, 7) is 0.338. The first-order valence-electron chi connectivity index (χ1n) is 9.20. The molecule has 0 saturated heterocycles. The Morgan fingerprint density at radius 1 is 1.03 bits per heavy atom. The number of benzene rings is 3. The second-order valence-electron chi connectivity index (χ2n) is 6.77. The minimum atomic E-state index is -0.136. The van der Waals surface area contributed by atoms with Crippen LogP contribution in [0.2, 0.25) is 5.02 Å². The lowest BCUT2D eigenvalue weighted by atomic mass is 10.1. The number of para-hydroxylation sites is 1. The van der Waals surface area contributed by atoms with Crippen LogP contribution in [-0.4, -0.2) is 10.8 Å². The van der Waals surface area contributed by atoms with Crippen LogP contribution in [0.25, 0.3) is 17.0 Å². The molecule has 29 heavy (non-hydrogen) atoms. The Labute approximate surface area is 172 Å². The van der Waals surface area contributed by atoms with Gasteiger partial charge in [-0.15, -0.1) is 0 Å². The lowest BCUT2D eigenvalue weighted by molar-refractivity contribution is 0.101. The number of rotatable bonds is 4. The zero-order valence-electron chi connectivity index (χ0n) is 15.3. The molecule has 5 rings (SSSR count). The Bertz CT molecular complexity index is 1270. The van der Waals surface area contributed by atoms with Gasteiger partial charge >= 0.3 is 0 Å². The predicted molar refractivity (Wildman–Crippen MR) is 113 cm³/mol. The fourth-order valence-corrected chi connectivity index (χ4v) is 3.58. The smallest absolute Gasteiger partial charge is 0.231 e. The number of H-pyrrole nitrogens is 1. The number of ether oxygens (including phenoxy) is 2. The number of fused-ring (bicyclic) bond motifs is 2. The molecule has 0 saturated carbocycles. The molecule has 0 fully saturated rings. The van der Waals surface area contributed by atoms with E-state index in [9.17, 15) is 4.79 Å². The number of nitrogens with one attached hydrogen (secondary N) is 1. The quantitative estimate of drug-likeness (QED) is 0.425. The minimum Gasteiger partial charge on any atom is -0.489 e. The summed E-state index contributed by atoms with van der Waals surface area (Å²) in [6.07, 6.45) is 3.64. The highest BCUT2D eigenvalue weighted by Gasteiger charge is 2.28. The van der Waals surface area contributed by atoms with E-state index >= 15 is 0 Å². The molecule has 1 aliphatic rings. The fourth-order valence-electron chi connectivity index (χ4n) is 3.39. The number of carbonyl (C=O) groups excluding carboxylic acids is 1. The first-order valence-corrected chi connectivity index (χ1v) is 9.57. The van der Waals surface area contributed by atoms with Crippen LogP contribution < -0.4 is 9.47 Å². The van der Waals surface area contributed by atoms with Crippen molar-refractivity contribution < 1.29 is 14.3 Å². The van der Waals surface area contributed by atoms with Gasteiger partial charge in [-0.3, -0.25) is 4.79 Å². The number of carbonyl (C=O) groups is 1. The summed E-state index contributed by atoms with van der Waals surface area (Å²) in [5, 5.41) is 1.69. The maximum absolute atomic E-state index is 12.7. The van der Waals surface area contributed by atoms with Crippen molar-refractivity contribution in [3.8, 4) is 11.5 Å². The molecule has 4 nitrogen and oxygen atoms in total. The molecule has 0 amide bonds. The highest BCUT2D eigenvalue weighted by atomic mass is 35.5.